The van der Waals surface area contributed by atoms with Gasteiger partial charge in [0.1, 0.15) is 6.04 Å². The van der Waals surface area contributed by atoms with Gasteiger partial charge in [-0.05, 0) is 47.4 Å². The normalized spacial score (nSPS) is 16.7. The average molecular weight is 457 g/mol. The van der Waals surface area contributed by atoms with Crippen LogP contribution in [0.2, 0.25) is 0 Å². The number of para-hydroxylation sites is 1. The molecular weight excluding hydrogens is 432 g/mol. The van der Waals surface area contributed by atoms with Crippen LogP contribution in [-0.4, -0.2) is 31.2 Å². The first-order valence-electron chi connectivity index (χ1n) is 11.0. The van der Waals surface area contributed by atoms with Crippen molar-refractivity contribution in [3.63, 3.8) is 0 Å². The number of benzene rings is 4. The third kappa shape index (κ3) is 4.15. The summed E-state index contributed by atoms with van der Waals surface area (Å²) in [6.45, 7) is 0.327. The Balaban J connectivity index is 1.42. The van der Waals surface area contributed by atoms with Crippen molar-refractivity contribution in [1.82, 2.24) is 4.31 Å². The third-order valence-corrected chi connectivity index (χ3v) is 8.01. The monoisotopic (exact) mass is 456 g/mol. The number of carbonyl (C=O) groups is 1. The minimum Gasteiger partial charge on any atom is -0.324 e. The lowest BCUT2D eigenvalue weighted by Gasteiger charge is -2.24. The van der Waals surface area contributed by atoms with Crippen LogP contribution in [0.25, 0.3) is 21.9 Å². The van der Waals surface area contributed by atoms with Crippen molar-refractivity contribution >= 4 is 32.4 Å². The summed E-state index contributed by atoms with van der Waals surface area (Å²) in [4.78, 5) is 13.5. The number of hydrogen-bond donors (Lipinski definition) is 1. The molecule has 0 unspecified atom stereocenters. The van der Waals surface area contributed by atoms with Crippen molar-refractivity contribution in [3.8, 4) is 11.1 Å². The average Bonchev–Trinajstić information content (AvgIpc) is 3.36. The molecule has 0 saturated carbocycles. The number of sulfonamides is 1. The lowest BCUT2D eigenvalue weighted by Crippen LogP contribution is -2.43. The lowest BCUT2D eigenvalue weighted by molar-refractivity contribution is -0.119. The Morgan fingerprint density at radius 3 is 2.33 bits per heavy atom. The van der Waals surface area contributed by atoms with Crippen molar-refractivity contribution in [2.45, 2.75) is 23.8 Å². The van der Waals surface area contributed by atoms with Gasteiger partial charge in [0.25, 0.3) is 0 Å². The van der Waals surface area contributed by atoms with E-state index >= 15 is 0 Å². The summed E-state index contributed by atoms with van der Waals surface area (Å²) in [5, 5.41) is 4.82. The lowest BCUT2D eigenvalue weighted by atomic mass is 10.0. The van der Waals surface area contributed by atoms with Crippen molar-refractivity contribution in [2.24, 2.45) is 0 Å². The maximum absolute atomic E-state index is 13.5. The minimum atomic E-state index is -3.81. The highest BCUT2D eigenvalue weighted by atomic mass is 32.2. The van der Waals surface area contributed by atoms with E-state index in [9.17, 15) is 13.2 Å². The highest BCUT2D eigenvalue weighted by Gasteiger charge is 2.39. The van der Waals surface area contributed by atoms with Crippen LogP contribution in [0.3, 0.4) is 0 Å². The largest absolute Gasteiger partial charge is 0.324 e. The van der Waals surface area contributed by atoms with E-state index in [1.165, 1.54) is 4.31 Å². The molecule has 4 aromatic carbocycles. The molecule has 1 amide bonds. The van der Waals surface area contributed by atoms with Crippen molar-refractivity contribution < 1.29 is 13.2 Å². The maximum Gasteiger partial charge on any atom is 0.243 e. The van der Waals surface area contributed by atoms with E-state index in [1.54, 1.807) is 12.1 Å². The molecule has 0 bridgehead atoms. The zero-order chi connectivity index (χ0) is 22.8. The quantitative estimate of drug-likeness (QED) is 0.443. The van der Waals surface area contributed by atoms with E-state index in [-0.39, 0.29) is 10.8 Å². The molecule has 0 spiro atoms. The summed E-state index contributed by atoms with van der Waals surface area (Å²) in [6, 6.07) is 29.4. The molecule has 0 aliphatic carbocycles. The molecule has 4 aromatic rings. The summed E-state index contributed by atoms with van der Waals surface area (Å²) in [5.74, 6) is -0.305. The van der Waals surface area contributed by atoms with Crippen LogP contribution in [0, 0.1) is 0 Å². The molecule has 1 N–H and O–H groups in total. The van der Waals surface area contributed by atoms with E-state index < -0.39 is 16.1 Å². The molecule has 0 radical (unpaired) electrons. The number of anilines is 1. The molecule has 1 aliphatic heterocycles. The van der Waals surface area contributed by atoms with E-state index in [1.807, 2.05) is 84.9 Å². The zero-order valence-corrected chi connectivity index (χ0v) is 18.8. The van der Waals surface area contributed by atoms with Crippen molar-refractivity contribution in [3.05, 3.63) is 97.1 Å². The Labute approximate surface area is 193 Å². The fourth-order valence-corrected chi connectivity index (χ4v) is 6.12. The van der Waals surface area contributed by atoms with E-state index in [0.717, 1.165) is 21.9 Å². The summed E-state index contributed by atoms with van der Waals surface area (Å²) in [6.07, 6.45) is 1.14. The van der Waals surface area contributed by atoms with Crippen molar-refractivity contribution in [2.75, 3.05) is 11.9 Å². The van der Waals surface area contributed by atoms with Gasteiger partial charge in [0.15, 0.2) is 0 Å². The number of fused-ring (bicyclic) bond motifs is 1. The molecule has 1 saturated heterocycles. The van der Waals surface area contributed by atoms with Crippen LogP contribution in [0.4, 0.5) is 5.69 Å². The molecule has 1 fully saturated rings. The second kappa shape index (κ2) is 8.81. The highest BCUT2D eigenvalue weighted by molar-refractivity contribution is 7.89. The number of carbonyl (C=O) groups excluding carboxylic acids is 1. The molecule has 1 atom stereocenters. The Bertz CT molecular complexity index is 1420. The van der Waals surface area contributed by atoms with Gasteiger partial charge in [0.2, 0.25) is 15.9 Å². The molecular formula is C27H24N2O3S. The zero-order valence-electron chi connectivity index (χ0n) is 18.0. The number of amides is 1. The first kappa shape index (κ1) is 21.4. The second-order valence-electron chi connectivity index (χ2n) is 8.18. The van der Waals surface area contributed by atoms with Crippen LogP contribution in [0.5, 0.6) is 0 Å². The topological polar surface area (TPSA) is 66.5 Å². The van der Waals surface area contributed by atoms with Gasteiger partial charge in [-0.15, -0.1) is 0 Å². The minimum absolute atomic E-state index is 0.214. The number of hydrogen-bond acceptors (Lipinski definition) is 3. The van der Waals surface area contributed by atoms with Gasteiger partial charge in [-0.25, -0.2) is 8.42 Å². The Morgan fingerprint density at radius 2 is 1.52 bits per heavy atom. The molecule has 166 valence electrons. The fourth-order valence-electron chi connectivity index (χ4n) is 4.43. The van der Waals surface area contributed by atoms with Crippen molar-refractivity contribution in [1.29, 1.82) is 0 Å². The highest BCUT2D eigenvalue weighted by Crippen LogP contribution is 2.31. The molecule has 1 heterocycles. The third-order valence-electron chi connectivity index (χ3n) is 6.10. The van der Waals surface area contributed by atoms with Crippen LogP contribution in [0.15, 0.2) is 102 Å². The Kier molecular flexibility index (Phi) is 5.70. The molecule has 6 heteroatoms. The predicted octanol–water partition coefficient (Wildman–Crippen LogP) is 5.30. The van der Waals surface area contributed by atoms with Crippen LogP contribution >= 0.6 is 0 Å². The van der Waals surface area contributed by atoms with Crippen LogP contribution in [-0.2, 0) is 14.8 Å². The number of nitrogens with zero attached hydrogens (tertiary/aromatic N) is 1. The van der Waals surface area contributed by atoms with E-state index in [4.69, 9.17) is 0 Å². The van der Waals surface area contributed by atoms with Gasteiger partial charge < -0.3 is 5.32 Å². The maximum atomic E-state index is 13.5. The summed E-state index contributed by atoms with van der Waals surface area (Å²) < 4.78 is 28.3. The second-order valence-corrected chi connectivity index (χ2v) is 10.1. The van der Waals surface area contributed by atoms with Gasteiger partial charge in [-0.1, -0.05) is 78.9 Å². The number of nitrogens with one attached hydrogen (secondary N) is 1. The fraction of sp³-hybridized carbons (Fsp3) is 0.148. The molecule has 5 nitrogen and oxygen atoms in total. The Hall–Kier alpha value is -3.48. The molecule has 33 heavy (non-hydrogen) atoms. The summed E-state index contributed by atoms with van der Waals surface area (Å²) >= 11 is 0. The first-order chi connectivity index (χ1) is 16.0. The van der Waals surface area contributed by atoms with E-state index in [2.05, 4.69) is 5.32 Å². The summed E-state index contributed by atoms with van der Waals surface area (Å²) in [5.41, 5.74) is 2.55. The van der Waals surface area contributed by atoms with Crippen LogP contribution in [0.1, 0.15) is 12.8 Å². The molecule has 1 aliphatic rings. The predicted molar refractivity (Wildman–Crippen MR) is 131 cm³/mol. The van der Waals surface area contributed by atoms with Gasteiger partial charge in [-0.2, -0.15) is 4.31 Å². The van der Waals surface area contributed by atoms with Gasteiger partial charge in [0.05, 0.1) is 4.90 Å². The van der Waals surface area contributed by atoms with Crippen LogP contribution < -0.4 is 5.32 Å². The smallest absolute Gasteiger partial charge is 0.243 e. The molecule has 0 aromatic heterocycles. The van der Waals surface area contributed by atoms with Gasteiger partial charge in [-0.3, -0.25) is 4.79 Å². The first-order valence-corrected chi connectivity index (χ1v) is 12.4. The van der Waals surface area contributed by atoms with Gasteiger partial charge in [0, 0.05) is 17.8 Å². The number of rotatable bonds is 5. The molecule has 5 rings (SSSR count). The van der Waals surface area contributed by atoms with E-state index in [0.29, 0.717) is 25.1 Å². The standard InChI is InChI=1S/C27H24N2O3S/c30-27(28-25-14-7-6-13-24(25)21-10-2-1-3-11-21)26-15-8-18-29(26)33(31,32)23-17-16-20-9-4-5-12-22(20)19-23/h1-7,9-14,16-17,19,26H,8,15,18H2,(H,28,30)/t26-/m0/s1. The SMILES string of the molecule is O=C(Nc1ccccc1-c1ccccc1)[C@@H]1CCCN1S(=O)(=O)c1ccc2ccccc2c1. The summed E-state index contributed by atoms with van der Waals surface area (Å²) in [7, 11) is -3.81. The Morgan fingerprint density at radius 1 is 0.818 bits per heavy atom. The van der Waals surface area contributed by atoms with Gasteiger partial charge >= 0.3 is 0 Å².